The molecule has 0 amide bonds. The van der Waals surface area contributed by atoms with Crippen molar-refractivity contribution in [1.82, 2.24) is 9.88 Å². The summed E-state index contributed by atoms with van der Waals surface area (Å²) < 4.78 is 0. The minimum absolute atomic E-state index is 0.472. The highest BCUT2D eigenvalue weighted by Gasteiger charge is 2.27. The average Bonchev–Trinajstić information content (AvgIpc) is 2.88. The molecule has 2 heterocycles. The summed E-state index contributed by atoms with van der Waals surface area (Å²) in [6.45, 7) is 4.29. The van der Waals surface area contributed by atoms with Crippen molar-refractivity contribution < 1.29 is 0 Å². The van der Waals surface area contributed by atoms with E-state index in [0.29, 0.717) is 11.2 Å². The summed E-state index contributed by atoms with van der Waals surface area (Å²) in [5.41, 5.74) is 3.94. The fraction of sp³-hybridized carbons (Fsp3) is 0.353. The van der Waals surface area contributed by atoms with Crippen LogP contribution in [0.3, 0.4) is 0 Å². The van der Waals surface area contributed by atoms with Crippen molar-refractivity contribution in [3.8, 4) is 0 Å². The van der Waals surface area contributed by atoms with Crippen LogP contribution in [-0.4, -0.2) is 16.4 Å². The van der Waals surface area contributed by atoms with Gasteiger partial charge in [0.2, 0.25) is 0 Å². The van der Waals surface area contributed by atoms with E-state index in [2.05, 4.69) is 47.1 Å². The molecule has 1 aliphatic rings. The second kappa shape index (κ2) is 5.94. The molecule has 1 aromatic heterocycles. The standard InChI is InChI=1S/C17H19ClN2/c1-13-10-17(18)19-11-15(13)16-8-5-9-20(16)12-14-6-3-2-4-7-14/h2-4,6-7,10-11,16H,5,8-9,12H2,1H3/t16-/m1/s1. The molecule has 0 radical (unpaired) electrons. The molecule has 0 unspecified atom stereocenters. The quantitative estimate of drug-likeness (QED) is 0.779. The first-order chi connectivity index (χ1) is 9.74. The van der Waals surface area contributed by atoms with Crippen LogP contribution in [0.4, 0.5) is 0 Å². The number of hydrogen-bond donors (Lipinski definition) is 0. The van der Waals surface area contributed by atoms with Crippen molar-refractivity contribution in [2.45, 2.75) is 32.4 Å². The van der Waals surface area contributed by atoms with Gasteiger partial charge in [-0.25, -0.2) is 4.98 Å². The zero-order valence-electron chi connectivity index (χ0n) is 11.7. The number of halogens is 1. The molecule has 0 N–H and O–H groups in total. The number of aryl methyl sites for hydroxylation is 1. The van der Waals surface area contributed by atoms with Gasteiger partial charge in [-0.2, -0.15) is 0 Å². The molecule has 0 spiro atoms. The van der Waals surface area contributed by atoms with Crippen LogP contribution in [0, 0.1) is 6.92 Å². The molecule has 0 saturated carbocycles. The minimum Gasteiger partial charge on any atom is -0.292 e. The number of pyridine rings is 1. The van der Waals surface area contributed by atoms with Crippen LogP contribution in [0.25, 0.3) is 0 Å². The van der Waals surface area contributed by atoms with E-state index >= 15 is 0 Å². The smallest absolute Gasteiger partial charge is 0.129 e. The highest BCUT2D eigenvalue weighted by Crippen LogP contribution is 2.34. The Morgan fingerprint density at radius 1 is 1.30 bits per heavy atom. The minimum atomic E-state index is 0.472. The predicted octanol–water partition coefficient (Wildman–Crippen LogP) is 4.38. The van der Waals surface area contributed by atoms with E-state index in [4.69, 9.17) is 11.6 Å². The number of rotatable bonds is 3. The van der Waals surface area contributed by atoms with Gasteiger partial charge in [0.25, 0.3) is 0 Å². The first kappa shape index (κ1) is 13.6. The summed E-state index contributed by atoms with van der Waals surface area (Å²) in [4.78, 5) is 6.81. The fourth-order valence-electron chi connectivity index (χ4n) is 3.07. The first-order valence-electron chi connectivity index (χ1n) is 7.14. The van der Waals surface area contributed by atoms with E-state index in [1.807, 2.05) is 12.3 Å². The number of nitrogens with zero attached hydrogens (tertiary/aromatic N) is 2. The molecule has 1 fully saturated rings. The summed E-state index contributed by atoms with van der Waals surface area (Å²) >= 11 is 5.97. The number of likely N-dealkylation sites (tertiary alicyclic amines) is 1. The predicted molar refractivity (Wildman–Crippen MR) is 82.8 cm³/mol. The zero-order valence-corrected chi connectivity index (χ0v) is 12.5. The van der Waals surface area contributed by atoms with Gasteiger partial charge in [-0.05, 0) is 49.1 Å². The van der Waals surface area contributed by atoms with E-state index in [1.165, 1.54) is 29.5 Å². The van der Waals surface area contributed by atoms with Gasteiger partial charge in [0.1, 0.15) is 5.15 Å². The summed E-state index contributed by atoms with van der Waals surface area (Å²) in [7, 11) is 0. The van der Waals surface area contributed by atoms with Crippen LogP contribution in [0.2, 0.25) is 5.15 Å². The van der Waals surface area contributed by atoms with Crippen LogP contribution in [-0.2, 0) is 6.54 Å². The largest absolute Gasteiger partial charge is 0.292 e. The molecule has 3 heteroatoms. The van der Waals surface area contributed by atoms with Crippen molar-refractivity contribution in [3.63, 3.8) is 0 Å². The van der Waals surface area contributed by atoms with Crippen LogP contribution in [0.15, 0.2) is 42.6 Å². The van der Waals surface area contributed by atoms with E-state index in [1.54, 1.807) is 0 Å². The molecule has 104 valence electrons. The van der Waals surface area contributed by atoms with Gasteiger partial charge in [-0.3, -0.25) is 4.90 Å². The van der Waals surface area contributed by atoms with Crippen molar-refractivity contribution in [2.24, 2.45) is 0 Å². The van der Waals surface area contributed by atoms with Crippen LogP contribution >= 0.6 is 11.6 Å². The van der Waals surface area contributed by atoms with Crippen molar-refractivity contribution >= 4 is 11.6 Å². The second-order valence-electron chi connectivity index (χ2n) is 5.48. The molecule has 1 aliphatic heterocycles. The Balaban J connectivity index is 1.82. The Labute approximate surface area is 125 Å². The maximum absolute atomic E-state index is 5.97. The lowest BCUT2D eigenvalue weighted by molar-refractivity contribution is 0.247. The van der Waals surface area contributed by atoms with E-state index < -0.39 is 0 Å². The maximum atomic E-state index is 5.97. The second-order valence-corrected chi connectivity index (χ2v) is 5.86. The third kappa shape index (κ3) is 2.87. The molecular weight excluding hydrogens is 268 g/mol. The van der Waals surface area contributed by atoms with Crippen LogP contribution in [0.1, 0.15) is 35.6 Å². The molecular formula is C17H19ClN2. The molecule has 3 rings (SSSR count). The third-order valence-corrected chi connectivity index (χ3v) is 4.28. The van der Waals surface area contributed by atoms with Gasteiger partial charge in [0.05, 0.1) is 0 Å². The van der Waals surface area contributed by atoms with Gasteiger partial charge >= 0.3 is 0 Å². The molecule has 20 heavy (non-hydrogen) atoms. The van der Waals surface area contributed by atoms with Crippen LogP contribution < -0.4 is 0 Å². The van der Waals surface area contributed by atoms with Gasteiger partial charge in [0, 0.05) is 18.8 Å². The SMILES string of the molecule is Cc1cc(Cl)ncc1[C@H]1CCCN1Cc1ccccc1. The Bertz CT molecular complexity index is 583. The van der Waals surface area contributed by atoms with Gasteiger partial charge in [-0.1, -0.05) is 41.9 Å². The van der Waals surface area contributed by atoms with Crippen molar-refractivity contribution in [1.29, 1.82) is 0 Å². The van der Waals surface area contributed by atoms with Gasteiger partial charge in [-0.15, -0.1) is 0 Å². The van der Waals surface area contributed by atoms with Gasteiger partial charge in [0.15, 0.2) is 0 Å². The Hall–Kier alpha value is -1.38. The maximum Gasteiger partial charge on any atom is 0.129 e. The van der Waals surface area contributed by atoms with E-state index in [9.17, 15) is 0 Å². The highest BCUT2D eigenvalue weighted by atomic mass is 35.5. The normalized spacial score (nSPS) is 19.4. The molecule has 0 aliphatic carbocycles. The zero-order chi connectivity index (χ0) is 13.9. The molecule has 0 bridgehead atoms. The fourth-order valence-corrected chi connectivity index (χ4v) is 3.28. The van der Waals surface area contributed by atoms with Gasteiger partial charge < -0.3 is 0 Å². The summed E-state index contributed by atoms with van der Waals surface area (Å²) in [5.74, 6) is 0. The summed E-state index contributed by atoms with van der Waals surface area (Å²) in [6, 6.07) is 13.1. The highest BCUT2D eigenvalue weighted by molar-refractivity contribution is 6.29. The number of aromatic nitrogens is 1. The average molecular weight is 287 g/mol. The lowest BCUT2D eigenvalue weighted by atomic mass is 10.0. The number of benzene rings is 1. The van der Waals surface area contributed by atoms with Crippen molar-refractivity contribution in [3.05, 3.63) is 64.4 Å². The lowest BCUT2D eigenvalue weighted by Gasteiger charge is -2.26. The lowest BCUT2D eigenvalue weighted by Crippen LogP contribution is -2.23. The molecule has 1 atom stereocenters. The van der Waals surface area contributed by atoms with E-state index in [-0.39, 0.29) is 0 Å². The molecule has 1 aromatic carbocycles. The Kier molecular flexibility index (Phi) is 4.04. The monoisotopic (exact) mass is 286 g/mol. The molecule has 2 aromatic rings. The Morgan fingerprint density at radius 2 is 2.10 bits per heavy atom. The Morgan fingerprint density at radius 3 is 2.85 bits per heavy atom. The van der Waals surface area contributed by atoms with Crippen LogP contribution in [0.5, 0.6) is 0 Å². The number of hydrogen-bond acceptors (Lipinski definition) is 2. The molecule has 2 nitrogen and oxygen atoms in total. The van der Waals surface area contributed by atoms with Crippen molar-refractivity contribution in [2.75, 3.05) is 6.54 Å². The topological polar surface area (TPSA) is 16.1 Å². The molecule has 1 saturated heterocycles. The third-order valence-electron chi connectivity index (χ3n) is 4.07. The summed E-state index contributed by atoms with van der Waals surface area (Å²) in [5, 5.41) is 0.582. The first-order valence-corrected chi connectivity index (χ1v) is 7.52. The van der Waals surface area contributed by atoms with E-state index in [0.717, 1.165) is 13.1 Å². The summed E-state index contributed by atoms with van der Waals surface area (Å²) in [6.07, 6.45) is 4.40.